The van der Waals surface area contributed by atoms with Gasteiger partial charge in [0.25, 0.3) is 0 Å². The summed E-state index contributed by atoms with van der Waals surface area (Å²) in [6.45, 7) is 1.36. The van der Waals surface area contributed by atoms with Crippen molar-refractivity contribution in [1.82, 2.24) is 9.97 Å². The number of primary amides is 1. The van der Waals surface area contributed by atoms with E-state index < -0.39 is 11.2 Å². The first-order valence-corrected chi connectivity index (χ1v) is 11.2. The second-order valence-electron chi connectivity index (χ2n) is 8.82. The number of amides is 1. The molecule has 9 heteroatoms. The molecule has 8 nitrogen and oxygen atoms in total. The van der Waals surface area contributed by atoms with Crippen LogP contribution in [-0.4, -0.2) is 47.7 Å². The molecule has 1 aliphatic carbocycles. The SMILES string of the molecule is NC(=O)C1(CNc2cccc(-c3cc(N[C@H]4CC[C@H](N)CC4)ncc3F)n2)CCOCC1. The summed E-state index contributed by atoms with van der Waals surface area (Å²) in [5.74, 6) is 0.395. The maximum Gasteiger partial charge on any atom is 0.225 e. The molecule has 2 aromatic heterocycles. The zero-order chi connectivity index (χ0) is 22.6. The lowest BCUT2D eigenvalue weighted by Crippen LogP contribution is -2.46. The number of ether oxygens (including phenoxy) is 1. The highest BCUT2D eigenvalue weighted by atomic mass is 19.1. The minimum absolute atomic E-state index is 0.263. The van der Waals surface area contributed by atoms with Crippen LogP contribution in [0, 0.1) is 11.2 Å². The normalized spacial score (nSPS) is 22.8. The molecule has 0 atom stereocenters. The first-order valence-electron chi connectivity index (χ1n) is 11.2. The van der Waals surface area contributed by atoms with Crippen LogP contribution in [0.1, 0.15) is 38.5 Å². The fourth-order valence-corrected chi connectivity index (χ4v) is 4.40. The molecule has 2 fully saturated rings. The lowest BCUT2D eigenvalue weighted by molar-refractivity contribution is -0.132. The van der Waals surface area contributed by atoms with Crippen LogP contribution in [0.3, 0.4) is 0 Å². The van der Waals surface area contributed by atoms with Crippen LogP contribution in [-0.2, 0) is 9.53 Å². The number of nitrogens with zero attached hydrogens (tertiary/aromatic N) is 2. The van der Waals surface area contributed by atoms with Crippen LogP contribution in [0.15, 0.2) is 30.5 Å². The molecular formula is C23H31FN6O2. The van der Waals surface area contributed by atoms with Gasteiger partial charge in [-0.1, -0.05) is 6.07 Å². The zero-order valence-electron chi connectivity index (χ0n) is 18.1. The van der Waals surface area contributed by atoms with Gasteiger partial charge in [-0.3, -0.25) is 4.79 Å². The zero-order valence-corrected chi connectivity index (χ0v) is 18.1. The molecule has 0 unspecified atom stereocenters. The van der Waals surface area contributed by atoms with Crippen LogP contribution in [0.5, 0.6) is 0 Å². The summed E-state index contributed by atoms with van der Waals surface area (Å²) in [6, 6.07) is 7.59. The molecule has 4 rings (SSSR count). The smallest absolute Gasteiger partial charge is 0.225 e. The third kappa shape index (κ3) is 5.16. The number of halogens is 1. The second-order valence-corrected chi connectivity index (χ2v) is 8.82. The number of carbonyl (C=O) groups excluding carboxylic acids is 1. The third-order valence-electron chi connectivity index (χ3n) is 6.58. The second kappa shape index (κ2) is 9.79. The average Bonchev–Trinajstić information content (AvgIpc) is 2.81. The maximum absolute atomic E-state index is 14.6. The summed E-state index contributed by atoms with van der Waals surface area (Å²) in [4.78, 5) is 20.9. The summed E-state index contributed by atoms with van der Waals surface area (Å²) in [5.41, 5.74) is 11.9. The van der Waals surface area contributed by atoms with E-state index in [9.17, 15) is 9.18 Å². The predicted octanol–water partition coefficient (Wildman–Crippen LogP) is 2.66. The van der Waals surface area contributed by atoms with Crippen LogP contribution >= 0.6 is 0 Å². The van der Waals surface area contributed by atoms with Crippen LogP contribution in [0.4, 0.5) is 16.0 Å². The van der Waals surface area contributed by atoms with Crippen molar-refractivity contribution >= 4 is 17.5 Å². The first-order chi connectivity index (χ1) is 15.4. The number of rotatable bonds is 7. The largest absolute Gasteiger partial charge is 0.381 e. The van der Waals surface area contributed by atoms with Crippen molar-refractivity contribution in [2.24, 2.45) is 16.9 Å². The van der Waals surface area contributed by atoms with Crippen molar-refractivity contribution in [3.63, 3.8) is 0 Å². The summed E-state index contributed by atoms with van der Waals surface area (Å²) < 4.78 is 20.0. The molecule has 0 spiro atoms. The van der Waals surface area contributed by atoms with Gasteiger partial charge < -0.3 is 26.8 Å². The van der Waals surface area contributed by atoms with Gasteiger partial charge in [0.05, 0.1) is 17.3 Å². The van der Waals surface area contributed by atoms with E-state index in [0.29, 0.717) is 55.5 Å². The first kappa shape index (κ1) is 22.4. The average molecular weight is 443 g/mol. The topological polar surface area (TPSA) is 128 Å². The van der Waals surface area contributed by atoms with Gasteiger partial charge >= 0.3 is 0 Å². The molecule has 172 valence electrons. The van der Waals surface area contributed by atoms with E-state index in [4.69, 9.17) is 16.2 Å². The van der Waals surface area contributed by atoms with Crippen molar-refractivity contribution in [1.29, 1.82) is 0 Å². The van der Waals surface area contributed by atoms with Crippen molar-refractivity contribution in [3.8, 4) is 11.3 Å². The van der Waals surface area contributed by atoms with Crippen LogP contribution in [0.25, 0.3) is 11.3 Å². The Kier molecular flexibility index (Phi) is 6.86. The highest BCUT2D eigenvalue weighted by Gasteiger charge is 2.38. The summed E-state index contributed by atoms with van der Waals surface area (Å²) >= 11 is 0. The van der Waals surface area contributed by atoms with E-state index in [1.807, 2.05) is 0 Å². The summed E-state index contributed by atoms with van der Waals surface area (Å²) in [5, 5.41) is 6.62. The number of hydrogen-bond acceptors (Lipinski definition) is 7. The molecular weight excluding hydrogens is 411 g/mol. The summed E-state index contributed by atoms with van der Waals surface area (Å²) in [7, 11) is 0. The van der Waals surface area contributed by atoms with Gasteiger partial charge in [-0.15, -0.1) is 0 Å². The molecule has 2 aliphatic rings. The Hall–Kier alpha value is -2.78. The van der Waals surface area contributed by atoms with Crippen molar-refractivity contribution < 1.29 is 13.9 Å². The fraction of sp³-hybridized carbons (Fsp3) is 0.522. The Labute approximate surface area is 187 Å². The lowest BCUT2D eigenvalue weighted by atomic mass is 9.79. The molecule has 1 aliphatic heterocycles. The quantitative estimate of drug-likeness (QED) is 0.519. The molecule has 32 heavy (non-hydrogen) atoms. The molecule has 3 heterocycles. The molecule has 2 aromatic rings. The number of nitrogens with one attached hydrogen (secondary N) is 2. The molecule has 0 bridgehead atoms. The Balaban J connectivity index is 1.48. The van der Waals surface area contributed by atoms with E-state index in [1.165, 1.54) is 6.20 Å². The number of hydrogen-bond donors (Lipinski definition) is 4. The van der Waals surface area contributed by atoms with Gasteiger partial charge in [0, 0.05) is 37.4 Å². The molecule has 1 saturated carbocycles. The van der Waals surface area contributed by atoms with Crippen molar-refractivity contribution in [2.45, 2.75) is 50.6 Å². The van der Waals surface area contributed by atoms with Gasteiger partial charge in [-0.05, 0) is 56.7 Å². The van der Waals surface area contributed by atoms with E-state index in [1.54, 1.807) is 24.3 Å². The van der Waals surface area contributed by atoms with E-state index in [-0.39, 0.29) is 18.0 Å². The van der Waals surface area contributed by atoms with Gasteiger partial charge in [-0.25, -0.2) is 14.4 Å². The highest BCUT2D eigenvalue weighted by molar-refractivity contribution is 5.81. The lowest BCUT2D eigenvalue weighted by Gasteiger charge is -2.34. The number of carbonyl (C=O) groups is 1. The Morgan fingerprint density at radius 2 is 1.94 bits per heavy atom. The number of anilines is 2. The highest BCUT2D eigenvalue weighted by Crippen LogP contribution is 2.31. The number of nitrogens with two attached hydrogens (primary N) is 2. The van der Waals surface area contributed by atoms with Gasteiger partial charge in [0.1, 0.15) is 11.6 Å². The molecule has 0 aromatic carbocycles. The molecule has 1 amide bonds. The van der Waals surface area contributed by atoms with E-state index in [0.717, 1.165) is 25.7 Å². The number of aromatic nitrogens is 2. The molecule has 6 N–H and O–H groups in total. The van der Waals surface area contributed by atoms with Crippen LogP contribution < -0.4 is 22.1 Å². The van der Waals surface area contributed by atoms with Crippen molar-refractivity contribution in [2.75, 3.05) is 30.4 Å². The summed E-state index contributed by atoms with van der Waals surface area (Å²) in [6.07, 6.45) is 6.24. The number of pyridine rings is 2. The third-order valence-corrected chi connectivity index (χ3v) is 6.58. The van der Waals surface area contributed by atoms with Gasteiger partial charge in [0.15, 0.2) is 5.82 Å². The minimum Gasteiger partial charge on any atom is -0.381 e. The maximum atomic E-state index is 14.6. The minimum atomic E-state index is -0.669. The van der Waals surface area contributed by atoms with Crippen LogP contribution in [0.2, 0.25) is 0 Å². The Bertz CT molecular complexity index is 942. The standard InChI is InChI=1S/C23H31FN6O2/c24-18-13-27-21(29-16-6-4-15(25)5-7-16)12-17(18)19-2-1-3-20(30-19)28-14-23(22(26)31)8-10-32-11-9-23/h1-3,12-13,15-16H,4-11,14,25H2,(H2,26,31)(H,27,29)(H,28,30)/t15-,16-. The van der Waals surface area contributed by atoms with Gasteiger partial charge in [0.2, 0.25) is 5.91 Å². The molecule has 0 radical (unpaired) electrons. The van der Waals surface area contributed by atoms with E-state index in [2.05, 4.69) is 20.6 Å². The Morgan fingerprint density at radius 3 is 2.66 bits per heavy atom. The molecule has 1 saturated heterocycles. The fourth-order valence-electron chi connectivity index (χ4n) is 4.40. The monoisotopic (exact) mass is 442 g/mol. The van der Waals surface area contributed by atoms with E-state index >= 15 is 0 Å². The Morgan fingerprint density at radius 1 is 1.19 bits per heavy atom. The van der Waals surface area contributed by atoms with Crippen molar-refractivity contribution in [3.05, 3.63) is 36.3 Å². The predicted molar refractivity (Wildman–Crippen MR) is 121 cm³/mol. The van der Waals surface area contributed by atoms with Gasteiger partial charge in [-0.2, -0.15) is 0 Å².